The third kappa shape index (κ3) is 6.98. The minimum absolute atomic E-state index is 0.0825. The zero-order chi connectivity index (χ0) is 22.0. The highest BCUT2D eigenvalue weighted by Gasteiger charge is 2.20. The number of hydrogen-bond acceptors (Lipinski definition) is 4. The first-order valence-electron chi connectivity index (χ1n) is 10.9. The molecule has 0 aliphatic carbocycles. The fraction of sp³-hybridized carbons (Fsp3) is 0.462. The molecule has 0 unspecified atom stereocenters. The Balaban J connectivity index is 1.95. The van der Waals surface area contributed by atoms with Gasteiger partial charge in [-0.25, -0.2) is 0 Å². The van der Waals surface area contributed by atoms with Gasteiger partial charge in [0.15, 0.2) is 0 Å². The van der Waals surface area contributed by atoms with Gasteiger partial charge in [0.05, 0.1) is 18.8 Å². The third-order valence-corrected chi connectivity index (χ3v) is 5.92. The number of rotatable bonds is 12. The second kappa shape index (κ2) is 11.9. The summed E-state index contributed by atoms with van der Waals surface area (Å²) in [4.78, 5) is 0. The van der Waals surface area contributed by atoms with Gasteiger partial charge in [-0.3, -0.25) is 0 Å². The second-order valence-corrected chi connectivity index (χ2v) is 7.95. The molecule has 0 bridgehead atoms. The quantitative estimate of drug-likeness (QED) is 0.410. The van der Waals surface area contributed by atoms with Crippen molar-refractivity contribution in [1.29, 1.82) is 0 Å². The van der Waals surface area contributed by atoms with Crippen molar-refractivity contribution >= 4 is 5.57 Å². The highest BCUT2D eigenvalue weighted by molar-refractivity contribution is 5.64. The number of aliphatic hydroxyl groups is 3. The summed E-state index contributed by atoms with van der Waals surface area (Å²) < 4.78 is 5.95. The van der Waals surface area contributed by atoms with Crippen LogP contribution in [-0.4, -0.2) is 20.9 Å². The first-order chi connectivity index (χ1) is 14.4. The maximum atomic E-state index is 10.4. The molecule has 2 rings (SSSR count). The van der Waals surface area contributed by atoms with E-state index in [4.69, 9.17) is 4.74 Å². The Morgan fingerprint density at radius 3 is 2.40 bits per heavy atom. The van der Waals surface area contributed by atoms with Crippen LogP contribution in [0.1, 0.15) is 75.1 Å². The van der Waals surface area contributed by atoms with Crippen LogP contribution in [0.4, 0.5) is 0 Å². The summed E-state index contributed by atoms with van der Waals surface area (Å²) in [6.07, 6.45) is 6.58. The maximum absolute atomic E-state index is 10.4. The second-order valence-electron chi connectivity index (χ2n) is 7.95. The van der Waals surface area contributed by atoms with Crippen LogP contribution in [0, 0.1) is 0 Å². The Kier molecular flexibility index (Phi) is 9.57. The monoisotopic (exact) mass is 412 g/mol. The Labute approximate surface area is 180 Å². The SMILES string of the molecule is CCC(O)(CC)CCCC=C(C)c1cccc(OCc2ccc(CO)c(CO)c2)c1. The maximum Gasteiger partial charge on any atom is 0.120 e. The lowest BCUT2D eigenvalue weighted by atomic mass is 9.91. The molecule has 4 nitrogen and oxygen atoms in total. The summed E-state index contributed by atoms with van der Waals surface area (Å²) in [5.74, 6) is 0.795. The van der Waals surface area contributed by atoms with Crippen molar-refractivity contribution in [3.63, 3.8) is 0 Å². The van der Waals surface area contributed by atoms with Gasteiger partial charge in [0.1, 0.15) is 12.4 Å². The molecule has 0 aliphatic heterocycles. The standard InChI is InChI=1S/C26H36O4/c1-4-26(29,5-2)14-7-6-9-20(3)22-10-8-11-25(16-22)30-19-21-12-13-23(17-27)24(15-21)18-28/h8-13,15-16,27-29H,4-7,14,17-19H2,1-3H3. The molecular weight excluding hydrogens is 376 g/mol. The predicted octanol–water partition coefficient (Wildman–Crippen LogP) is 5.37. The summed E-state index contributed by atoms with van der Waals surface area (Å²) in [5, 5.41) is 29.2. The molecule has 0 saturated carbocycles. The fourth-order valence-corrected chi connectivity index (χ4v) is 3.54. The van der Waals surface area contributed by atoms with E-state index in [1.807, 2.05) is 50.2 Å². The largest absolute Gasteiger partial charge is 0.489 e. The highest BCUT2D eigenvalue weighted by atomic mass is 16.5. The van der Waals surface area contributed by atoms with E-state index >= 15 is 0 Å². The third-order valence-electron chi connectivity index (χ3n) is 5.92. The van der Waals surface area contributed by atoms with Crippen molar-refractivity contribution < 1.29 is 20.1 Å². The molecule has 0 aromatic heterocycles. The minimum atomic E-state index is -0.527. The molecule has 3 N–H and O–H groups in total. The van der Waals surface area contributed by atoms with Crippen molar-refractivity contribution in [2.24, 2.45) is 0 Å². The Hall–Kier alpha value is -2.14. The van der Waals surface area contributed by atoms with Crippen LogP contribution < -0.4 is 4.74 Å². The first-order valence-corrected chi connectivity index (χ1v) is 10.9. The zero-order valence-electron chi connectivity index (χ0n) is 18.5. The Morgan fingerprint density at radius 1 is 1.00 bits per heavy atom. The Bertz CT molecular complexity index is 822. The molecule has 30 heavy (non-hydrogen) atoms. The van der Waals surface area contributed by atoms with Crippen molar-refractivity contribution in [3.05, 3.63) is 70.8 Å². The van der Waals surface area contributed by atoms with Crippen molar-refractivity contribution in [1.82, 2.24) is 0 Å². The molecule has 0 aliphatic rings. The van der Waals surface area contributed by atoms with Gasteiger partial charge in [0.25, 0.3) is 0 Å². The highest BCUT2D eigenvalue weighted by Crippen LogP contribution is 2.25. The van der Waals surface area contributed by atoms with E-state index in [-0.39, 0.29) is 13.2 Å². The first kappa shape index (κ1) is 24.1. The van der Waals surface area contributed by atoms with E-state index < -0.39 is 5.60 Å². The number of benzene rings is 2. The predicted molar refractivity (Wildman–Crippen MR) is 122 cm³/mol. The molecular formula is C26H36O4. The Morgan fingerprint density at radius 2 is 1.73 bits per heavy atom. The van der Waals surface area contributed by atoms with Crippen molar-refractivity contribution in [2.45, 2.75) is 78.3 Å². The van der Waals surface area contributed by atoms with E-state index in [1.165, 1.54) is 5.57 Å². The van der Waals surface area contributed by atoms with E-state index in [9.17, 15) is 15.3 Å². The van der Waals surface area contributed by atoms with Crippen LogP contribution in [0.2, 0.25) is 0 Å². The summed E-state index contributed by atoms with van der Waals surface area (Å²) >= 11 is 0. The summed E-state index contributed by atoms with van der Waals surface area (Å²) in [6, 6.07) is 13.6. The lowest BCUT2D eigenvalue weighted by Gasteiger charge is -2.24. The number of aliphatic hydroxyl groups excluding tert-OH is 2. The van der Waals surface area contributed by atoms with Gasteiger partial charge >= 0.3 is 0 Å². The lowest BCUT2D eigenvalue weighted by Crippen LogP contribution is -2.26. The van der Waals surface area contributed by atoms with E-state index in [1.54, 1.807) is 0 Å². The van der Waals surface area contributed by atoms with Crippen LogP contribution in [0.25, 0.3) is 5.57 Å². The molecule has 164 valence electrons. The molecule has 2 aromatic rings. The summed E-state index contributed by atoms with van der Waals surface area (Å²) in [5.41, 5.74) is 4.21. The number of allylic oxidation sites excluding steroid dienone is 2. The van der Waals surface area contributed by atoms with Crippen LogP contribution in [-0.2, 0) is 19.8 Å². The van der Waals surface area contributed by atoms with Gasteiger partial charge in [-0.1, -0.05) is 44.2 Å². The molecule has 0 amide bonds. The van der Waals surface area contributed by atoms with E-state index in [0.717, 1.165) is 60.1 Å². The molecule has 0 heterocycles. The number of ether oxygens (including phenoxy) is 1. The van der Waals surface area contributed by atoms with Gasteiger partial charge in [-0.15, -0.1) is 0 Å². The van der Waals surface area contributed by atoms with Crippen LogP contribution in [0.3, 0.4) is 0 Å². The average Bonchev–Trinajstić information content (AvgIpc) is 2.80. The molecule has 0 radical (unpaired) electrons. The van der Waals surface area contributed by atoms with Crippen molar-refractivity contribution in [2.75, 3.05) is 0 Å². The van der Waals surface area contributed by atoms with Gasteiger partial charge < -0.3 is 20.1 Å². The lowest BCUT2D eigenvalue weighted by molar-refractivity contribution is 0.0220. The van der Waals surface area contributed by atoms with E-state index in [2.05, 4.69) is 19.1 Å². The minimum Gasteiger partial charge on any atom is -0.489 e. The topological polar surface area (TPSA) is 69.9 Å². The normalized spacial score (nSPS) is 12.3. The molecule has 4 heteroatoms. The average molecular weight is 413 g/mol. The number of hydrogen-bond donors (Lipinski definition) is 3. The molecule has 0 fully saturated rings. The molecule has 2 aromatic carbocycles. The van der Waals surface area contributed by atoms with Gasteiger partial charge in [-0.2, -0.15) is 0 Å². The zero-order valence-corrected chi connectivity index (χ0v) is 18.5. The number of unbranched alkanes of at least 4 members (excludes halogenated alkanes) is 1. The van der Waals surface area contributed by atoms with Gasteiger partial charge in [-0.05, 0) is 85.1 Å². The smallest absolute Gasteiger partial charge is 0.120 e. The molecule has 0 saturated heterocycles. The fourth-order valence-electron chi connectivity index (χ4n) is 3.54. The molecule has 0 spiro atoms. The van der Waals surface area contributed by atoms with Gasteiger partial charge in [0, 0.05) is 0 Å². The summed E-state index contributed by atoms with van der Waals surface area (Å²) in [6.45, 7) is 6.41. The van der Waals surface area contributed by atoms with Crippen LogP contribution in [0.15, 0.2) is 48.5 Å². The van der Waals surface area contributed by atoms with E-state index in [0.29, 0.717) is 6.61 Å². The summed E-state index contributed by atoms with van der Waals surface area (Å²) in [7, 11) is 0. The van der Waals surface area contributed by atoms with Crippen molar-refractivity contribution in [3.8, 4) is 5.75 Å². The molecule has 0 atom stereocenters. The van der Waals surface area contributed by atoms with Gasteiger partial charge in [0.2, 0.25) is 0 Å². The van der Waals surface area contributed by atoms with Crippen LogP contribution >= 0.6 is 0 Å². The van der Waals surface area contributed by atoms with Crippen LogP contribution in [0.5, 0.6) is 5.75 Å².